The molecule has 1 amide bonds. The Kier molecular flexibility index (Phi) is 15.1. The molecule has 358 valence electrons. The van der Waals surface area contributed by atoms with E-state index >= 15 is 4.39 Å². The molecule has 5 aliphatic heterocycles. The molecule has 4 aromatic rings. The van der Waals surface area contributed by atoms with Gasteiger partial charge in [-0.05, 0) is 127 Å². The predicted octanol–water partition coefficient (Wildman–Crippen LogP) is 11.7. The Morgan fingerprint density at radius 2 is 1.46 bits per heavy atom. The van der Waals surface area contributed by atoms with Gasteiger partial charge in [-0.1, -0.05) is 112 Å². The number of halogens is 1. The fourth-order valence-corrected chi connectivity index (χ4v) is 11.5. The van der Waals surface area contributed by atoms with Crippen LogP contribution in [0.3, 0.4) is 0 Å². The second-order valence-corrected chi connectivity index (χ2v) is 20.3. The molecule has 3 atom stereocenters. The van der Waals surface area contributed by atoms with Crippen LogP contribution in [-0.4, -0.2) is 76.1 Å². The molecule has 5 heterocycles. The Labute approximate surface area is 411 Å². The first-order chi connectivity index (χ1) is 33.2. The number of fused-ring (bicyclic) bond motifs is 4. The van der Waals surface area contributed by atoms with E-state index in [9.17, 15) is 4.79 Å². The van der Waals surface area contributed by atoms with E-state index in [1.54, 1.807) is 0 Å². The van der Waals surface area contributed by atoms with Crippen molar-refractivity contribution in [2.45, 2.75) is 115 Å². The number of likely N-dealkylation sites (tertiary alicyclic amines) is 2. The van der Waals surface area contributed by atoms with Crippen LogP contribution in [0, 0.1) is 13.8 Å². The largest absolute Gasteiger partial charge is 0.358 e. The van der Waals surface area contributed by atoms with E-state index in [0.29, 0.717) is 13.1 Å². The van der Waals surface area contributed by atoms with Crippen LogP contribution in [0.2, 0.25) is 0 Å². The molecule has 4 bridgehead atoms. The van der Waals surface area contributed by atoms with Gasteiger partial charge in [0.25, 0.3) is 0 Å². The standard InChI is InChI=1S/C32H41N3O.C29H31FN3/c1-6-11-31(25(3)33-23-36)35-19-10-14-29-24(2)28(26(35)4)15-16-30(29)32(5)17-20-34(21-18-32)22-27-12-8-7-9-13-27;1-20-12-15-28(22(3)31-20)33-16-8-11-26-21(2)25(23(33)4)13-14-27(26)29(30)18-32(19-29)17-24-9-6-5-7-10-24/h7-10,12-16,19,23,26,31H,3,6,11,17-18,20-22H2,1-2,4-5H3;5-11,13-14,16,28,31H,1,3-4,12,15,17-19H2,2H3/q;+1/p+1/b14-10-,35-19?;. The van der Waals surface area contributed by atoms with E-state index < -0.39 is 5.67 Å². The van der Waals surface area contributed by atoms with Crippen molar-refractivity contribution in [3.05, 3.63) is 196 Å². The van der Waals surface area contributed by atoms with Gasteiger partial charge in [0.05, 0.1) is 11.4 Å². The van der Waals surface area contributed by atoms with E-state index in [1.165, 1.54) is 46.2 Å². The normalized spacial score (nSPS) is 21.6. The zero-order valence-corrected chi connectivity index (χ0v) is 41.7. The van der Waals surface area contributed by atoms with Crippen molar-refractivity contribution in [1.29, 1.82) is 0 Å². The van der Waals surface area contributed by atoms with E-state index in [0.717, 1.165) is 103 Å². The molecule has 5 aliphatic rings. The molecule has 0 spiro atoms. The highest BCUT2D eigenvalue weighted by Gasteiger charge is 2.47. The number of alkyl halides is 1. The minimum Gasteiger partial charge on any atom is -0.358 e. The molecule has 3 unspecified atom stereocenters. The van der Waals surface area contributed by atoms with Crippen LogP contribution in [0.5, 0.6) is 0 Å². The van der Waals surface area contributed by atoms with E-state index in [-0.39, 0.29) is 23.5 Å². The van der Waals surface area contributed by atoms with Crippen molar-refractivity contribution >= 4 is 36.7 Å². The molecule has 7 nitrogen and oxygen atoms in total. The molecule has 0 saturated carbocycles. The quantitative estimate of drug-likeness (QED) is 0.104. The number of hydrogen-bond donors (Lipinski definition) is 2. The molecule has 0 aromatic heterocycles. The fraction of sp³-hybridized carbons (Fsp3) is 0.361. The average Bonchev–Trinajstić information content (AvgIpc) is 3.33. The first-order valence-corrected chi connectivity index (χ1v) is 25.0. The third-order valence-electron chi connectivity index (χ3n) is 15.5. The molecule has 3 fully saturated rings. The fourth-order valence-electron chi connectivity index (χ4n) is 11.5. The first kappa shape index (κ1) is 49.2. The Hall–Kier alpha value is -6.22. The minimum absolute atomic E-state index is 0.0620. The lowest BCUT2D eigenvalue weighted by atomic mass is 9.71. The second kappa shape index (κ2) is 21.2. The lowest BCUT2D eigenvalue weighted by Gasteiger charge is -2.45. The summed E-state index contributed by atoms with van der Waals surface area (Å²) < 4.78 is 20.5. The smallest absolute Gasteiger partial charge is 0.211 e. The lowest BCUT2D eigenvalue weighted by molar-refractivity contribution is -0.592. The molecule has 0 radical (unpaired) electrons. The zero-order valence-electron chi connectivity index (χ0n) is 41.7. The Bertz CT molecular complexity index is 2710. The first-order valence-electron chi connectivity index (χ1n) is 25.0. The summed E-state index contributed by atoms with van der Waals surface area (Å²) >= 11 is 0. The molecule has 2 N–H and O–H groups in total. The van der Waals surface area contributed by atoms with Gasteiger partial charge in [-0.3, -0.25) is 14.6 Å². The van der Waals surface area contributed by atoms with Gasteiger partial charge < -0.3 is 10.6 Å². The summed E-state index contributed by atoms with van der Waals surface area (Å²) in [5.41, 5.74) is 14.5. The van der Waals surface area contributed by atoms with Crippen molar-refractivity contribution in [1.82, 2.24) is 20.4 Å². The summed E-state index contributed by atoms with van der Waals surface area (Å²) in [4.78, 5) is 15.9. The van der Waals surface area contributed by atoms with Gasteiger partial charge in [-0.15, -0.1) is 0 Å². The maximum Gasteiger partial charge on any atom is 0.211 e. The monoisotopic (exact) mass is 925 g/mol. The zero-order chi connectivity index (χ0) is 48.9. The lowest BCUT2D eigenvalue weighted by Crippen LogP contribution is -2.56. The van der Waals surface area contributed by atoms with Crippen LogP contribution in [0.4, 0.5) is 4.39 Å². The SMILES string of the molecule is C=C(NC=O)C(CCC)[N+]1=C/C=C\c2c(C3(C)CCN(Cc4ccccc4)CC3)ccc(c2C)C1C.C=C1CCC([N+]2=CC=Cc3c(C4(F)CN(Cc5ccccc5)C4)ccc(c3C)C2=C)C(=C)N1. The van der Waals surface area contributed by atoms with Crippen molar-refractivity contribution in [3.8, 4) is 0 Å². The van der Waals surface area contributed by atoms with Gasteiger partial charge in [-0.2, -0.15) is 4.58 Å². The van der Waals surface area contributed by atoms with Gasteiger partial charge in [0.1, 0.15) is 0 Å². The number of allylic oxidation sites excluding steroid dienone is 3. The van der Waals surface area contributed by atoms with Crippen LogP contribution < -0.4 is 10.6 Å². The highest BCUT2D eigenvalue weighted by Crippen LogP contribution is 2.43. The molecule has 4 aromatic carbocycles. The molecule has 69 heavy (non-hydrogen) atoms. The van der Waals surface area contributed by atoms with Gasteiger partial charge in [0.15, 0.2) is 36.2 Å². The topological polar surface area (TPSA) is 53.6 Å². The summed E-state index contributed by atoms with van der Waals surface area (Å²) in [6, 6.07) is 30.2. The number of carbonyl (C=O) groups is 1. The predicted molar refractivity (Wildman–Crippen MR) is 285 cm³/mol. The molecule has 3 saturated heterocycles. The molecular weight excluding hydrogens is 852 g/mol. The van der Waals surface area contributed by atoms with E-state index in [2.05, 4.69) is 163 Å². The van der Waals surface area contributed by atoms with Crippen LogP contribution in [0.1, 0.15) is 121 Å². The summed E-state index contributed by atoms with van der Waals surface area (Å²) in [7, 11) is 0. The maximum atomic E-state index is 16.0. The van der Waals surface area contributed by atoms with Crippen molar-refractivity contribution in [2.24, 2.45) is 0 Å². The number of piperidine rings is 2. The second-order valence-electron chi connectivity index (χ2n) is 20.3. The summed E-state index contributed by atoms with van der Waals surface area (Å²) in [5.74, 6) is 0. The Morgan fingerprint density at radius 1 is 0.855 bits per heavy atom. The third kappa shape index (κ3) is 10.5. The van der Waals surface area contributed by atoms with Gasteiger partial charge in [0, 0.05) is 74.9 Å². The van der Waals surface area contributed by atoms with Crippen molar-refractivity contribution in [2.75, 3.05) is 26.2 Å². The average molecular weight is 925 g/mol. The Balaban J connectivity index is 0.000000187. The summed E-state index contributed by atoms with van der Waals surface area (Å²) in [6.45, 7) is 33.0. The molecular formula is C61H73FN6O+2. The van der Waals surface area contributed by atoms with Crippen LogP contribution in [0.25, 0.3) is 17.8 Å². The third-order valence-corrected chi connectivity index (χ3v) is 15.5. The van der Waals surface area contributed by atoms with E-state index in [4.69, 9.17) is 0 Å². The summed E-state index contributed by atoms with van der Waals surface area (Å²) in [5, 5.41) is 6.12. The molecule has 0 aliphatic carbocycles. The number of benzene rings is 4. The van der Waals surface area contributed by atoms with E-state index in [1.807, 2.05) is 48.7 Å². The number of hydrogen-bond acceptors (Lipinski definition) is 4. The number of carbonyl (C=O) groups excluding carboxylic acids is 1. The summed E-state index contributed by atoms with van der Waals surface area (Å²) in [6.07, 6.45) is 19.7. The number of nitrogens with one attached hydrogen (secondary N) is 2. The van der Waals surface area contributed by atoms with Crippen molar-refractivity contribution in [3.63, 3.8) is 0 Å². The number of amides is 1. The molecule has 9 rings (SSSR count). The van der Waals surface area contributed by atoms with Gasteiger partial charge in [0.2, 0.25) is 12.1 Å². The van der Waals surface area contributed by atoms with Crippen LogP contribution >= 0.6 is 0 Å². The number of rotatable bonds is 13. The van der Waals surface area contributed by atoms with Crippen LogP contribution in [-0.2, 0) is 29.0 Å². The highest BCUT2D eigenvalue weighted by molar-refractivity contribution is 5.83. The van der Waals surface area contributed by atoms with Gasteiger partial charge in [-0.25, -0.2) is 8.97 Å². The van der Waals surface area contributed by atoms with Crippen molar-refractivity contribution < 1.29 is 18.3 Å². The minimum atomic E-state index is -1.33. The number of nitrogens with zero attached hydrogens (tertiary/aromatic N) is 4. The van der Waals surface area contributed by atoms with Crippen LogP contribution in [0.15, 0.2) is 140 Å². The molecule has 8 heteroatoms. The maximum absolute atomic E-state index is 16.0. The highest BCUT2D eigenvalue weighted by atomic mass is 19.1. The van der Waals surface area contributed by atoms with Gasteiger partial charge >= 0.3 is 0 Å². The Morgan fingerprint density at radius 3 is 2.09 bits per heavy atom.